The van der Waals surface area contributed by atoms with E-state index in [2.05, 4.69) is 0 Å². The molecule has 0 N–H and O–H groups in total. The van der Waals surface area contributed by atoms with Gasteiger partial charge in [-0.15, -0.1) is 0 Å². The van der Waals surface area contributed by atoms with Crippen LogP contribution in [0.4, 0.5) is 8.78 Å². The van der Waals surface area contributed by atoms with Crippen molar-refractivity contribution in [2.24, 2.45) is 22.7 Å². The van der Waals surface area contributed by atoms with Gasteiger partial charge in [-0.1, -0.05) is 27.7 Å². The highest BCUT2D eigenvalue weighted by molar-refractivity contribution is 5.30. The molecule has 76 valence electrons. The minimum Gasteiger partial charge on any atom is -0.206 e. The lowest BCUT2D eigenvalue weighted by atomic mass is 9.27. The van der Waals surface area contributed by atoms with Gasteiger partial charge in [-0.3, -0.25) is 0 Å². The highest BCUT2D eigenvalue weighted by Crippen LogP contribution is 2.86. The number of rotatable bonds is 2. The van der Waals surface area contributed by atoms with Crippen LogP contribution in [0, 0.1) is 22.7 Å². The van der Waals surface area contributed by atoms with Gasteiger partial charge in [-0.2, -0.15) is 0 Å². The summed E-state index contributed by atoms with van der Waals surface area (Å²) in [5.41, 5.74) is -1.26. The van der Waals surface area contributed by atoms with Crippen molar-refractivity contribution in [3.8, 4) is 0 Å². The highest BCUT2D eigenvalue weighted by Gasteiger charge is 2.88. The molecule has 0 amide bonds. The van der Waals surface area contributed by atoms with Crippen molar-refractivity contribution in [3.63, 3.8) is 0 Å². The van der Waals surface area contributed by atoms with Gasteiger partial charge in [0.15, 0.2) is 0 Å². The monoisotopic (exact) mass is 188 g/mol. The van der Waals surface area contributed by atoms with Gasteiger partial charge in [0.1, 0.15) is 0 Å². The van der Waals surface area contributed by atoms with E-state index >= 15 is 0 Å². The Morgan fingerprint density at radius 3 is 1.31 bits per heavy atom. The maximum Gasteiger partial charge on any atom is 0.259 e. The lowest BCUT2D eigenvalue weighted by molar-refractivity contribution is -0.441. The predicted molar refractivity (Wildman–Crippen MR) is 48.7 cm³/mol. The molecule has 0 radical (unpaired) electrons. The standard InChI is InChI=1S/C11H18F2/c1-7(2)9-5-10(6-9,8(3)4)11(9,12)13/h7-8H,5-6H2,1-4H3. The van der Waals surface area contributed by atoms with Gasteiger partial charge >= 0.3 is 0 Å². The maximum absolute atomic E-state index is 13.8. The topological polar surface area (TPSA) is 0 Å². The molecule has 0 atom stereocenters. The number of alkyl halides is 2. The molecule has 0 spiro atoms. The molecule has 3 fully saturated rings. The first kappa shape index (κ1) is 9.42. The Hall–Kier alpha value is -0.140. The average molecular weight is 188 g/mol. The number of hydrogen-bond acceptors (Lipinski definition) is 0. The zero-order chi connectivity index (χ0) is 10.1. The van der Waals surface area contributed by atoms with Crippen LogP contribution in [0.25, 0.3) is 0 Å². The summed E-state index contributed by atoms with van der Waals surface area (Å²) >= 11 is 0. The van der Waals surface area contributed by atoms with E-state index in [1.54, 1.807) is 0 Å². The molecule has 0 nitrogen and oxygen atoms in total. The second-order valence-electron chi connectivity index (χ2n) is 5.55. The predicted octanol–water partition coefficient (Wildman–Crippen LogP) is 3.71. The van der Waals surface area contributed by atoms with Crippen LogP contribution in [-0.4, -0.2) is 5.92 Å². The molecular weight excluding hydrogens is 170 g/mol. The minimum atomic E-state index is -2.39. The van der Waals surface area contributed by atoms with Crippen molar-refractivity contribution in [1.29, 1.82) is 0 Å². The summed E-state index contributed by atoms with van der Waals surface area (Å²) in [6.07, 6.45) is 1.50. The van der Waals surface area contributed by atoms with Crippen molar-refractivity contribution in [2.75, 3.05) is 0 Å². The van der Waals surface area contributed by atoms with Crippen LogP contribution in [0.3, 0.4) is 0 Å². The van der Waals surface area contributed by atoms with E-state index in [4.69, 9.17) is 0 Å². The van der Waals surface area contributed by atoms with Crippen molar-refractivity contribution in [3.05, 3.63) is 0 Å². The van der Waals surface area contributed by atoms with Crippen LogP contribution in [0.1, 0.15) is 40.5 Å². The number of hydrogen-bond donors (Lipinski definition) is 0. The van der Waals surface area contributed by atoms with Crippen molar-refractivity contribution < 1.29 is 8.78 Å². The van der Waals surface area contributed by atoms with E-state index in [-0.39, 0.29) is 11.8 Å². The third-order valence-corrected chi connectivity index (χ3v) is 4.72. The Balaban J connectivity index is 2.24. The second-order valence-corrected chi connectivity index (χ2v) is 5.55. The summed E-state index contributed by atoms with van der Waals surface area (Å²) in [6, 6.07) is 0. The van der Waals surface area contributed by atoms with Gasteiger partial charge in [0.05, 0.1) is 0 Å². The molecule has 3 aliphatic carbocycles. The summed E-state index contributed by atoms with van der Waals surface area (Å²) in [6.45, 7) is 7.71. The fourth-order valence-electron chi connectivity index (χ4n) is 3.34. The summed E-state index contributed by atoms with van der Waals surface area (Å²) in [5, 5.41) is 0. The second kappa shape index (κ2) is 2.09. The molecule has 0 aromatic carbocycles. The van der Waals surface area contributed by atoms with E-state index in [0.717, 1.165) is 12.8 Å². The number of halogens is 2. The van der Waals surface area contributed by atoms with Gasteiger partial charge < -0.3 is 0 Å². The fourth-order valence-corrected chi connectivity index (χ4v) is 3.34. The quantitative estimate of drug-likeness (QED) is 0.619. The fraction of sp³-hybridized carbons (Fsp3) is 1.00. The lowest BCUT2D eigenvalue weighted by Gasteiger charge is -2.79. The van der Waals surface area contributed by atoms with Crippen LogP contribution >= 0.6 is 0 Å². The molecule has 3 saturated carbocycles. The van der Waals surface area contributed by atoms with Crippen LogP contribution in [0.2, 0.25) is 0 Å². The third-order valence-electron chi connectivity index (χ3n) is 4.72. The van der Waals surface area contributed by atoms with Crippen molar-refractivity contribution in [1.82, 2.24) is 0 Å². The average Bonchev–Trinajstić information content (AvgIpc) is 1.81. The van der Waals surface area contributed by atoms with Crippen LogP contribution in [-0.2, 0) is 0 Å². The summed E-state index contributed by atoms with van der Waals surface area (Å²) in [7, 11) is 0. The van der Waals surface area contributed by atoms with E-state index < -0.39 is 16.8 Å². The Labute approximate surface area is 78.7 Å². The molecule has 13 heavy (non-hydrogen) atoms. The summed E-state index contributed by atoms with van der Waals surface area (Å²) < 4.78 is 27.6. The Bertz CT molecular complexity index is 212. The summed E-state index contributed by atoms with van der Waals surface area (Å²) in [4.78, 5) is 0. The zero-order valence-corrected chi connectivity index (χ0v) is 8.82. The first-order valence-corrected chi connectivity index (χ1v) is 5.18. The van der Waals surface area contributed by atoms with Crippen LogP contribution in [0.15, 0.2) is 0 Å². The smallest absolute Gasteiger partial charge is 0.206 e. The molecule has 0 aromatic heterocycles. The van der Waals surface area contributed by atoms with Gasteiger partial charge in [-0.05, 0) is 24.7 Å². The molecule has 0 aromatic rings. The molecule has 0 heterocycles. The van der Waals surface area contributed by atoms with Gasteiger partial charge in [-0.25, -0.2) is 8.78 Å². The Morgan fingerprint density at radius 2 is 1.15 bits per heavy atom. The minimum absolute atomic E-state index is 0.128. The summed E-state index contributed by atoms with van der Waals surface area (Å²) in [5.74, 6) is -2.13. The SMILES string of the molecule is CC(C)C12CC(C(C)C)(C1)C2(F)F. The highest BCUT2D eigenvalue weighted by atomic mass is 19.3. The first-order chi connectivity index (χ1) is 5.80. The van der Waals surface area contributed by atoms with E-state index in [1.807, 2.05) is 27.7 Å². The van der Waals surface area contributed by atoms with Crippen LogP contribution in [0.5, 0.6) is 0 Å². The Kier molecular flexibility index (Phi) is 1.52. The first-order valence-electron chi connectivity index (χ1n) is 5.18. The van der Waals surface area contributed by atoms with Gasteiger partial charge in [0, 0.05) is 10.8 Å². The van der Waals surface area contributed by atoms with Crippen LogP contribution < -0.4 is 0 Å². The molecule has 3 aliphatic rings. The third kappa shape index (κ3) is 0.658. The molecule has 3 rings (SSSR count). The van der Waals surface area contributed by atoms with E-state index in [9.17, 15) is 8.78 Å². The van der Waals surface area contributed by atoms with Crippen molar-refractivity contribution >= 4 is 0 Å². The molecule has 0 saturated heterocycles. The molecular formula is C11H18F2. The normalized spacial score (nSPS) is 46.2. The molecule has 0 unspecified atom stereocenters. The van der Waals surface area contributed by atoms with E-state index in [0.29, 0.717) is 0 Å². The largest absolute Gasteiger partial charge is 0.259 e. The lowest BCUT2D eigenvalue weighted by Crippen LogP contribution is -2.82. The van der Waals surface area contributed by atoms with Crippen molar-refractivity contribution in [2.45, 2.75) is 46.5 Å². The van der Waals surface area contributed by atoms with Gasteiger partial charge in [0.25, 0.3) is 5.92 Å². The van der Waals surface area contributed by atoms with Gasteiger partial charge in [0.2, 0.25) is 0 Å². The maximum atomic E-state index is 13.8. The Morgan fingerprint density at radius 1 is 0.846 bits per heavy atom. The molecule has 0 aliphatic heterocycles. The molecule has 2 heteroatoms. The van der Waals surface area contributed by atoms with E-state index in [1.165, 1.54) is 0 Å². The molecule has 2 bridgehead atoms. The zero-order valence-electron chi connectivity index (χ0n) is 8.82.